The van der Waals surface area contributed by atoms with Crippen LogP contribution in [-0.4, -0.2) is 43.6 Å². The number of nitrogens with zero attached hydrogens (tertiary/aromatic N) is 2. The van der Waals surface area contributed by atoms with Crippen molar-refractivity contribution in [2.24, 2.45) is 0 Å². The summed E-state index contributed by atoms with van der Waals surface area (Å²) in [5.74, 6) is 1.13. The maximum Gasteiger partial charge on any atom is 0.253 e. The normalized spacial score (nSPS) is 16.0. The molecule has 0 saturated carbocycles. The SMILES string of the molecule is COc1ccc(N2CC(NC(=O)c3cc4cccc(OC)c4nc3C)CC2=O)cc1. The molecule has 4 rings (SSSR count). The fraction of sp³-hybridized carbons (Fsp3) is 0.261. The van der Waals surface area contributed by atoms with E-state index in [2.05, 4.69) is 10.3 Å². The summed E-state index contributed by atoms with van der Waals surface area (Å²) >= 11 is 0. The molecule has 1 N–H and O–H groups in total. The zero-order valence-corrected chi connectivity index (χ0v) is 17.1. The van der Waals surface area contributed by atoms with Crippen LogP contribution < -0.4 is 19.7 Å². The zero-order valence-electron chi connectivity index (χ0n) is 17.1. The summed E-state index contributed by atoms with van der Waals surface area (Å²) < 4.78 is 10.5. The molecule has 2 aromatic carbocycles. The molecule has 2 amide bonds. The van der Waals surface area contributed by atoms with Gasteiger partial charge < -0.3 is 19.7 Å². The maximum atomic E-state index is 12.9. The molecule has 7 heteroatoms. The van der Waals surface area contributed by atoms with Gasteiger partial charge in [0.1, 0.15) is 17.0 Å². The lowest BCUT2D eigenvalue weighted by Gasteiger charge is -2.18. The van der Waals surface area contributed by atoms with E-state index in [4.69, 9.17) is 9.47 Å². The van der Waals surface area contributed by atoms with E-state index in [1.807, 2.05) is 48.5 Å². The average molecular weight is 405 g/mol. The molecule has 3 aromatic rings. The Morgan fingerprint density at radius 2 is 1.90 bits per heavy atom. The Morgan fingerprint density at radius 3 is 2.60 bits per heavy atom. The number of hydrogen-bond donors (Lipinski definition) is 1. The lowest BCUT2D eigenvalue weighted by Crippen LogP contribution is -2.37. The van der Waals surface area contributed by atoms with E-state index < -0.39 is 0 Å². The van der Waals surface area contributed by atoms with Gasteiger partial charge in [-0.3, -0.25) is 9.59 Å². The van der Waals surface area contributed by atoms with E-state index in [-0.39, 0.29) is 24.3 Å². The Balaban J connectivity index is 1.51. The number of aromatic nitrogens is 1. The molecule has 1 aromatic heterocycles. The summed E-state index contributed by atoms with van der Waals surface area (Å²) in [5, 5.41) is 3.81. The Hall–Kier alpha value is -3.61. The van der Waals surface area contributed by atoms with Crippen molar-refractivity contribution in [3.8, 4) is 11.5 Å². The number of fused-ring (bicyclic) bond motifs is 1. The molecule has 154 valence electrons. The summed E-state index contributed by atoms with van der Waals surface area (Å²) in [6.45, 7) is 2.22. The molecule has 0 radical (unpaired) electrons. The summed E-state index contributed by atoms with van der Waals surface area (Å²) in [5.41, 5.74) is 2.61. The minimum absolute atomic E-state index is 0.0245. The number of nitrogens with one attached hydrogen (secondary N) is 1. The largest absolute Gasteiger partial charge is 0.497 e. The molecule has 1 aliphatic rings. The van der Waals surface area contributed by atoms with Gasteiger partial charge in [-0.05, 0) is 43.3 Å². The lowest BCUT2D eigenvalue weighted by atomic mass is 10.1. The van der Waals surface area contributed by atoms with Crippen molar-refractivity contribution >= 4 is 28.4 Å². The quantitative estimate of drug-likeness (QED) is 0.706. The standard InChI is InChI=1S/C23H23N3O4/c1-14-19(11-15-5-4-6-20(30-3)22(15)24-14)23(28)25-16-12-21(27)26(13-16)17-7-9-18(29-2)10-8-17/h4-11,16H,12-13H2,1-3H3,(H,25,28). The highest BCUT2D eigenvalue weighted by Crippen LogP contribution is 2.27. The van der Waals surface area contributed by atoms with Crippen molar-refractivity contribution in [3.05, 3.63) is 59.8 Å². The van der Waals surface area contributed by atoms with Crippen LogP contribution in [0.1, 0.15) is 22.5 Å². The van der Waals surface area contributed by atoms with Gasteiger partial charge in [-0.1, -0.05) is 12.1 Å². The van der Waals surface area contributed by atoms with E-state index in [9.17, 15) is 9.59 Å². The summed E-state index contributed by atoms with van der Waals surface area (Å²) in [4.78, 5) is 31.7. The van der Waals surface area contributed by atoms with Gasteiger partial charge in [-0.2, -0.15) is 0 Å². The number of aryl methyl sites for hydroxylation is 1. The molecule has 1 aliphatic heterocycles. The summed E-state index contributed by atoms with van der Waals surface area (Å²) in [6.07, 6.45) is 0.256. The van der Waals surface area contributed by atoms with Gasteiger partial charge in [0.05, 0.1) is 31.5 Å². The van der Waals surface area contributed by atoms with Crippen molar-refractivity contribution in [3.63, 3.8) is 0 Å². The van der Waals surface area contributed by atoms with Crippen LogP contribution in [0.5, 0.6) is 11.5 Å². The molecule has 1 saturated heterocycles. The molecule has 7 nitrogen and oxygen atoms in total. The van der Waals surface area contributed by atoms with E-state index in [0.717, 1.165) is 22.3 Å². The van der Waals surface area contributed by atoms with Gasteiger partial charge in [0.2, 0.25) is 5.91 Å². The Morgan fingerprint density at radius 1 is 1.13 bits per heavy atom. The number of carbonyl (C=O) groups is 2. The van der Waals surface area contributed by atoms with Crippen LogP contribution >= 0.6 is 0 Å². The third kappa shape index (κ3) is 3.66. The second kappa shape index (κ2) is 8.02. The Bertz CT molecular complexity index is 1110. The summed E-state index contributed by atoms with van der Waals surface area (Å²) in [6, 6.07) is 14.4. The number of pyridine rings is 1. The first kappa shape index (κ1) is 19.7. The fourth-order valence-corrected chi connectivity index (χ4v) is 3.74. The van der Waals surface area contributed by atoms with E-state index in [0.29, 0.717) is 23.6 Å². The zero-order chi connectivity index (χ0) is 21.3. The number of para-hydroxylation sites is 1. The van der Waals surface area contributed by atoms with Gasteiger partial charge in [-0.25, -0.2) is 4.98 Å². The molecule has 2 heterocycles. The maximum absolute atomic E-state index is 12.9. The smallest absolute Gasteiger partial charge is 0.253 e. The average Bonchev–Trinajstić information content (AvgIpc) is 3.12. The number of anilines is 1. The number of benzene rings is 2. The number of carbonyl (C=O) groups excluding carboxylic acids is 2. The monoisotopic (exact) mass is 405 g/mol. The first-order valence-corrected chi connectivity index (χ1v) is 9.70. The first-order chi connectivity index (χ1) is 14.5. The highest BCUT2D eigenvalue weighted by Gasteiger charge is 2.32. The van der Waals surface area contributed by atoms with Crippen LogP contribution in [0.3, 0.4) is 0 Å². The molecule has 1 fully saturated rings. The first-order valence-electron chi connectivity index (χ1n) is 9.70. The van der Waals surface area contributed by atoms with Crippen LogP contribution in [0.15, 0.2) is 48.5 Å². The molecular weight excluding hydrogens is 382 g/mol. The molecule has 0 aliphatic carbocycles. The van der Waals surface area contributed by atoms with Crippen LogP contribution in [-0.2, 0) is 4.79 Å². The number of amides is 2. The van der Waals surface area contributed by atoms with Gasteiger partial charge in [0.25, 0.3) is 5.91 Å². The van der Waals surface area contributed by atoms with Crippen LogP contribution in [0, 0.1) is 6.92 Å². The minimum atomic E-state index is -0.271. The van der Waals surface area contributed by atoms with E-state index >= 15 is 0 Å². The second-order valence-electron chi connectivity index (χ2n) is 7.23. The molecule has 1 unspecified atom stereocenters. The van der Waals surface area contributed by atoms with Crippen molar-refractivity contribution in [1.29, 1.82) is 0 Å². The lowest BCUT2D eigenvalue weighted by molar-refractivity contribution is -0.117. The van der Waals surface area contributed by atoms with Gasteiger partial charge in [0, 0.05) is 24.0 Å². The van der Waals surface area contributed by atoms with Gasteiger partial charge in [0.15, 0.2) is 0 Å². The number of hydrogen-bond acceptors (Lipinski definition) is 5. The highest BCUT2D eigenvalue weighted by molar-refractivity contribution is 6.01. The van der Waals surface area contributed by atoms with E-state index in [1.165, 1.54) is 0 Å². The predicted molar refractivity (Wildman–Crippen MR) is 114 cm³/mol. The molecular formula is C23H23N3O4. The minimum Gasteiger partial charge on any atom is -0.497 e. The third-order valence-corrected chi connectivity index (χ3v) is 5.31. The Kier molecular flexibility index (Phi) is 5.27. The fourth-order valence-electron chi connectivity index (χ4n) is 3.74. The van der Waals surface area contributed by atoms with Crippen LogP contribution in [0.2, 0.25) is 0 Å². The van der Waals surface area contributed by atoms with Crippen molar-refractivity contribution in [1.82, 2.24) is 10.3 Å². The topological polar surface area (TPSA) is 80.8 Å². The molecule has 30 heavy (non-hydrogen) atoms. The van der Waals surface area contributed by atoms with Crippen molar-refractivity contribution in [2.45, 2.75) is 19.4 Å². The molecule has 0 spiro atoms. The van der Waals surface area contributed by atoms with Crippen molar-refractivity contribution in [2.75, 3.05) is 25.7 Å². The van der Waals surface area contributed by atoms with Crippen LogP contribution in [0.4, 0.5) is 5.69 Å². The summed E-state index contributed by atoms with van der Waals surface area (Å²) in [7, 11) is 3.19. The predicted octanol–water partition coefficient (Wildman–Crippen LogP) is 3.10. The number of methoxy groups -OCH3 is 2. The third-order valence-electron chi connectivity index (χ3n) is 5.31. The molecule has 1 atom stereocenters. The van der Waals surface area contributed by atoms with Gasteiger partial charge >= 0.3 is 0 Å². The van der Waals surface area contributed by atoms with E-state index in [1.54, 1.807) is 26.0 Å². The molecule has 0 bridgehead atoms. The Labute approximate surface area is 174 Å². The highest BCUT2D eigenvalue weighted by atomic mass is 16.5. The van der Waals surface area contributed by atoms with Crippen molar-refractivity contribution < 1.29 is 19.1 Å². The number of rotatable bonds is 5. The second-order valence-corrected chi connectivity index (χ2v) is 7.23. The number of ether oxygens (including phenoxy) is 2. The van der Waals surface area contributed by atoms with Crippen LogP contribution in [0.25, 0.3) is 10.9 Å². The van der Waals surface area contributed by atoms with Gasteiger partial charge in [-0.15, -0.1) is 0 Å².